The Labute approximate surface area is 107 Å². The summed E-state index contributed by atoms with van der Waals surface area (Å²) in [6.07, 6.45) is 3.11. The third-order valence-electron chi connectivity index (χ3n) is 4.36. The second-order valence-corrected chi connectivity index (χ2v) is 5.46. The van der Waals surface area contributed by atoms with Gasteiger partial charge in [-0.15, -0.1) is 0 Å². The Hall–Kier alpha value is -1.35. The summed E-state index contributed by atoms with van der Waals surface area (Å²) in [6.45, 7) is 0.318. The molecule has 2 saturated carbocycles. The molecule has 18 heavy (non-hydrogen) atoms. The highest BCUT2D eigenvalue weighted by Crippen LogP contribution is 2.57. The predicted molar refractivity (Wildman–Crippen MR) is 68.7 cm³/mol. The highest BCUT2D eigenvalue weighted by molar-refractivity contribution is 5.82. The second-order valence-electron chi connectivity index (χ2n) is 5.46. The molecule has 3 atom stereocenters. The van der Waals surface area contributed by atoms with Crippen molar-refractivity contribution < 1.29 is 9.90 Å². The lowest BCUT2D eigenvalue weighted by Gasteiger charge is -2.12. The molecule has 1 aromatic rings. The fourth-order valence-corrected chi connectivity index (χ4v) is 3.32. The third-order valence-corrected chi connectivity index (χ3v) is 4.36. The monoisotopic (exact) mass is 245 g/mol. The number of aliphatic hydroxyl groups excluding tert-OH is 1. The summed E-state index contributed by atoms with van der Waals surface area (Å²) in [5.41, 5.74) is 0.855. The number of hydrogen-bond donors (Lipinski definition) is 2. The van der Waals surface area contributed by atoms with E-state index >= 15 is 0 Å². The van der Waals surface area contributed by atoms with Crippen LogP contribution in [0.3, 0.4) is 0 Å². The maximum atomic E-state index is 11.9. The Kier molecular flexibility index (Phi) is 3.08. The average molecular weight is 245 g/mol. The molecule has 2 N–H and O–H groups in total. The molecule has 3 unspecified atom stereocenters. The van der Waals surface area contributed by atoms with Crippen molar-refractivity contribution in [2.45, 2.75) is 25.4 Å². The van der Waals surface area contributed by atoms with Crippen molar-refractivity contribution in [1.82, 2.24) is 5.32 Å². The van der Waals surface area contributed by atoms with Crippen LogP contribution >= 0.6 is 0 Å². The zero-order valence-corrected chi connectivity index (χ0v) is 10.4. The largest absolute Gasteiger partial charge is 0.387 e. The van der Waals surface area contributed by atoms with Gasteiger partial charge >= 0.3 is 0 Å². The molecular formula is C15H19NO2. The Morgan fingerprint density at radius 3 is 2.61 bits per heavy atom. The van der Waals surface area contributed by atoms with E-state index in [1.807, 2.05) is 30.3 Å². The molecule has 2 aliphatic rings. The molecule has 0 saturated heterocycles. The number of carbonyl (C=O) groups excluding carboxylic acids is 1. The Balaban J connectivity index is 1.48. The van der Waals surface area contributed by atoms with Gasteiger partial charge in [0, 0.05) is 12.5 Å². The van der Waals surface area contributed by atoms with Gasteiger partial charge < -0.3 is 10.4 Å². The zero-order valence-electron chi connectivity index (χ0n) is 10.4. The lowest BCUT2D eigenvalue weighted by molar-refractivity contribution is -0.123. The lowest BCUT2D eigenvalue weighted by Crippen LogP contribution is -2.30. The number of fused-ring (bicyclic) bond motifs is 1. The Morgan fingerprint density at radius 2 is 1.94 bits per heavy atom. The topological polar surface area (TPSA) is 49.3 Å². The molecule has 0 aromatic heterocycles. The predicted octanol–water partition coefficient (Wildman–Crippen LogP) is 1.88. The van der Waals surface area contributed by atoms with E-state index in [9.17, 15) is 9.90 Å². The summed E-state index contributed by atoms with van der Waals surface area (Å²) >= 11 is 0. The molecule has 1 aromatic carbocycles. The highest BCUT2D eigenvalue weighted by Gasteiger charge is 2.56. The van der Waals surface area contributed by atoms with Gasteiger partial charge in [0.2, 0.25) is 5.91 Å². The summed E-state index contributed by atoms with van der Waals surface area (Å²) in [6, 6.07) is 9.46. The van der Waals surface area contributed by atoms with Crippen molar-refractivity contribution in [3.63, 3.8) is 0 Å². The van der Waals surface area contributed by atoms with Crippen molar-refractivity contribution >= 4 is 5.91 Å². The van der Waals surface area contributed by atoms with Gasteiger partial charge in [-0.1, -0.05) is 36.8 Å². The quantitative estimate of drug-likeness (QED) is 0.851. The van der Waals surface area contributed by atoms with E-state index in [2.05, 4.69) is 5.32 Å². The maximum absolute atomic E-state index is 11.9. The van der Waals surface area contributed by atoms with Crippen molar-refractivity contribution in [1.29, 1.82) is 0 Å². The van der Waals surface area contributed by atoms with E-state index in [0.717, 1.165) is 5.56 Å². The van der Waals surface area contributed by atoms with Gasteiger partial charge in [0.05, 0.1) is 6.10 Å². The van der Waals surface area contributed by atoms with Crippen LogP contribution in [0.5, 0.6) is 0 Å². The molecule has 0 heterocycles. The molecule has 3 nitrogen and oxygen atoms in total. The van der Waals surface area contributed by atoms with Crippen LogP contribution in [0.4, 0.5) is 0 Å². The van der Waals surface area contributed by atoms with Crippen molar-refractivity contribution in [2.24, 2.45) is 17.8 Å². The number of carbonyl (C=O) groups is 1. The molecule has 0 spiro atoms. The summed E-state index contributed by atoms with van der Waals surface area (Å²) in [4.78, 5) is 11.9. The Morgan fingerprint density at radius 1 is 1.28 bits per heavy atom. The summed E-state index contributed by atoms with van der Waals surface area (Å²) in [5.74, 6) is 1.65. The second kappa shape index (κ2) is 4.73. The van der Waals surface area contributed by atoms with E-state index in [4.69, 9.17) is 0 Å². The Bertz CT molecular complexity index is 421. The summed E-state index contributed by atoms with van der Waals surface area (Å²) < 4.78 is 0. The number of aliphatic hydroxyl groups is 1. The number of nitrogens with one attached hydrogen (secondary N) is 1. The van der Waals surface area contributed by atoms with E-state index < -0.39 is 6.10 Å². The zero-order chi connectivity index (χ0) is 12.5. The third kappa shape index (κ3) is 2.15. The molecular weight excluding hydrogens is 226 g/mol. The minimum Gasteiger partial charge on any atom is -0.387 e. The number of benzene rings is 1. The number of hydrogen-bond acceptors (Lipinski definition) is 2. The van der Waals surface area contributed by atoms with Gasteiger partial charge in [-0.25, -0.2) is 0 Å². The molecule has 0 aliphatic heterocycles. The molecule has 2 aliphatic carbocycles. The summed E-state index contributed by atoms with van der Waals surface area (Å²) in [7, 11) is 0. The normalized spacial score (nSPS) is 30.6. The highest BCUT2D eigenvalue weighted by atomic mass is 16.3. The van der Waals surface area contributed by atoms with Crippen LogP contribution in [0.15, 0.2) is 30.3 Å². The van der Waals surface area contributed by atoms with Gasteiger partial charge in [0.15, 0.2) is 0 Å². The lowest BCUT2D eigenvalue weighted by atomic mass is 10.1. The molecule has 2 fully saturated rings. The minimum absolute atomic E-state index is 0.139. The minimum atomic E-state index is -0.603. The van der Waals surface area contributed by atoms with Crippen LogP contribution in [-0.4, -0.2) is 17.6 Å². The van der Waals surface area contributed by atoms with Crippen LogP contribution in [0.25, 0.3) is 0 Å². The SMILES string of the molecule is O=C(NCC(O)c1ccccc1)C1C2CCCC21. The molecule has 3 rings (SSSR count). The van der Waals surface area contributed by atoms with Crippen LogP contribution < -0.4 is 5.32 Å². The van der Waals surface area contributed by atoms with Gasteiger partial charge in [-0.2, -0.15) is 0 Å². The van der Waals surface area contributed by atoms with Gasteiger partial charge in [0.25, 0.3) is 0 Å². The first-order valence-corrected chi connectivity index (χ1v) is 6.78. The number of rotatable bonds is 4. The van der Waals surface area contributed by atoms with Crippen LogP contribution in [0.1, 0.15) is 30.9 Å². The molecule has 0 bridgehead atoms. The maximum Gasteiger partial charge on any atom is 0.223 e. The van der Waals surface area contributed by atoms with E-state index in [0.29, 0.717) is 18.4 Å². The summed E-state index contributed by atoms with van der Waals surface area (Å²) in [5, 5.41) is 12.8. The number of amides is 1. The molecule has 0 radical (unpaired) electrons. The fourth-order valence-electron chi connectivity index (χ4n) is 3.32. The van der Waals surface area contributed by atoms with Crippen molar-refractivity contribution in [3.05, 3.63) is 35.9 Å². The first-order chi connectivity index (χ1) is 8.77. The molecule has 96 valence electrons. The van der Waals surface area contributed by atoms with Crippen LogP contribution in [0, 0.1) is 17.8 Å². The standard InChI is InChI=1S/C15H19NO2/c17-13(10-5-2-1-3-6-10)9-16-15(18)14-11-7-4-8-12(11)14/h1-3,5-6,11-14,17H,4,7-9H2,(H,16,18). The van der Waals surface area contributed by atoms with Crippen molar-refractivity contribution in [3.8, 4) is 0 Å². The average Bonchev–Trinajstić information content (AvgIpc) is 2.90. The van der Waals surface area contributed by atoms with Crippen LogP contribution in [0.2, 0.25) is 0 Å². The fraction of sp³-hybridized carbons (Fsp3) is 0.533. The van der Waals surface area contributed by atoms with E-state index in [1.54, 1.807) is 0 Å². The van der Waals surface area contributed by atoms with Gasteiger partial charge in [-0.3, -0.25) is 4.79 Å². The first-order valence-electron chi connectivity index (χ1n) is 6.78. The van der Waals surface area contributed by atoms with Gasteiger partial charge in [0.1, 0.15) is 0 Å². The first kappa shape index (κ1) is 11.7. The smallest absolute Gasteiger partial charge is 0.223 e. The molecule has 3 heteroatoms. The van der Waals surface area contributed by atoms with E-state index in [-0.39, 0.29) is 11.8 Å². The van der Waals surface area contributed by atoms with Gasteiger partial charge in [-0.05, 0) is 30.2 Å². The molecule has 1 amide bonds. The van der Waals surface area contributed by atoms with Crippen molar-refractivity contribution in [2.75, 3.05) is 6.54 Å². The van der Waals surface area contributed by atoms with Crippen LogP contribution in [-0.2, 0) is 4.79 Å². The van der Waals surface area contributed by atoms with E-state index in [1.165, 1.54) is 19.3 Å².